The van der Waals surface area contributed by atoms with E-state index in [1.165, 1.54) is 0 Å². The molecule has 1 heterocycles. The molecule has 2 aromatic rings. The van der Waals surface area contributed by atoms with Crippen molar-refractivity contribution in [2.45, 2.75) is 26.4 Å². The lowest BCUT2D eigenvalue weighted by Gasteiger charge is -2.02. The largest absolute Gasteiger partial charge is 0.338 e. The van der Waals surface area contributed by atoms with E-state index in [2.05, 4.69) is 29.3 Å². The van der Waals surface area contributed by atoms with Gasteiger partial charge < -0.3 is 9.84 Å². The lowest BCUT2D eigenvalue weighted by Crippen LogP contribution is -2.21. The zero-order valence-electron chi connectivity index (χ0n) is 9.77. The van der Waals surface area contributed by atoms with Crippen molar-refractivity contribution in [3.8, 4) is 11.4 Å². The fourth-order valence-corrected chi connectivity index (χ4v) is 1.55. The molecule has 2 rings (SSSR count). The second-order valence-electron chi connectivity index (χ2n) is 4.06. The first-order chi connectivity index (χ1) is 8.15. The van der Waals surface area contributed by atoms with Crippen LogP contribution >= 0.6 is 11.6 Å². The molecule has 0 saturated carbocycles. The van der Waals surface area contributed by atoms with Gasteiger partial charge in [0.2, 0.25) is 11.7 Å². The molecular weight excluding hydrogens is 238 g/mol. The molecular formula is C12H14ClN3O. The Kier molecular flexibility index (Phi) is 3.76. The molecule has 0 aliphatic heterocycles. The molecule has 0 spiro atoms. The smallest absolute Gasteiger partial charge is 0.240 e. The standard InChI is InChI=1S/C12H14ClN3O/c1-8(2)14-7-11-15-12(16-17-11)9-4-3-5-10(13)6-9/h3-6,8,14H,7H2,1-2H3. The van der Waals surface area contributed by atoms with Crippen LogP contribution in [0.25, 0.3) is 11.4 Å². The van der Waals surface area contributed by atoms with Gasteiger partial charge in [0.25, 0.3) is 0 Å². The number of benzene rings is 1. The van der Waals surface area contributed by atoms with E-state index in [9.17, 15) is 0 Å². The van der Waals surface area contributed by atoms with Gasteiger partial charge in [0.1, 0.15) is 0 Å². The molecule has 1 aromatic carbocycles. The lowest BCUT2D eigenvalue weighted by molar-refractivity contribution is 0.362. The zero-order chi connectivity index (χ0) is 12.3. The highest BCUT2D eigenvalue weighted by atomic mass is 35.5. The molecule has 0 saturated heterocycles. The first-order valence-electron chi connectivity index (χ1n) is 5.47. The van der Waals surface area contributed by atoms with Crippen LogP contribution < -0.4 is 5.32 Å². The molecule has 17 heavy (non-hydrogen) atoms. The van der Waals surface area contributed by atoms with Crippen LogP contribution in [0.5, 0.6) is 0 Å². The second-order valence-corrected chi connectivity index (χ2v) is 4.49. The van der Waals surface area contributed by atoms with Crippen molar-refractivity contribution < 1.29 is 4.52 Å². The number of hydrogen-bond donors (Lipinski definition) is 1. The van der Waals surface area contributed by atoms with Gasteiger partial charge in [0.05, 0.1) is 6.54 Å². The fourth-order valence-electron chi connectivity index (χ4n) is 1.36. The Morgan fingerprint density at radius 1 is 1.41 bits per heavy atom. The normalized spacial score (nSPS) is 11.1. The van der Waals surface area contributed by atoms with Gasteiger partial charge in [0, 0.05) is 16.6 Å². The zero-order valence-corrected chi connectivity index (χ0v) is 10.5. The molecule has 0 unspecified atom stereocenters. The van der Waals surface area contributed by atoms with Gasteiger partial charge in [-0.05, 0) is 12.1 Å². The number of rotatable bonds is 4. The highest BCUT2D eigenvalue weighted by Crippen LogP contribution is 2.19. The quantitative estimate of drug-likeness (QED) is 0.908. The summed E-state index contributed by atoms with van der Waals surface area (Å²) < 4.78 is 5.14. The van der Waals surface area contributed by atoms with Crippen LogP contribution in [0.15, 0.2) is 28.8 Å². The van der Waals surface area contributed by atoms with Crippen LogP contribution in [-0.2, 0) is 6.54 Å². The van der Waals surface area contributed by atoms with Crippen LogP contribution in [-0.4, -0.2) is 16.2 Å². The van der Waals surface area contributed by atoms with Crippen molar-refractivity contribution in [1.82, 2.24) is 15.5 Å². The third-order valence-electron chi connectivity index (χ3n) is 2.21. The molecule has 0 radical (unpaired) electrons. The fraction of sp³-hybridized carbons (Fsp3) is 0.333. The highest BCUT2D eigenvalue weighted by Gasteiger charge is 2.08. The SMILES string of the molecule is CC(C)NCc1nc(-c2cccc(Cl)c2)no1. The van der Waals surface area contributed by atoms with E-state index in [-0.39, 0.29) is 0 Å². The van der Waals surface area contributed by atoms with Crippen molar-refractivity contribution in [1.29, 1.82) is 0 Å². The summed E-state index contributed by atoms with van der Waals surface area (Å²) in [6, 6.07) is 7.77. The average Bonchev–Trinajstić information content (AvgIpc) is 2.75. The summed E-state index contributed by atoms with van der Waals surface area (Å²) in [6.45, 7) is 4.70. The van der Waals surface area contributed by atoms with Crippen LogP contribution in [0.4, 0.5) is 0 Å². The van der Waals surface area contributed by atoms with Crippen molar-refractivity contribution in [3.05, 3.63) is 35.2 Å². The summed E-state index contributed by atoms with van der Waals surface area (Å²) in [6.07, 6.45) is 0. The minimum absolute atomic E-state index is 0.386. The second kappa shape index (κ2) is 5.29. The molecule has 0 bridgehead atoms. The third-order valence-corrected chi connectivity index (χ3v) is 2.45. The van der Waals surface area contributed by atoms with E-state index < -0.39 is 0 Å². The maximum atomic E-state index is 5.91. The maximum Gasteiger partial charge on any atom is 0.240 e. The summed E-state index contributed by atoms with van der Waals surface area (Å²) in [5.74, 6) is 1.14. The summed E-state index contributed by atoms with van der Waals surface area (Å²) >= 11 is 5.91. The van der Waals surface area contributed by atoms with Crippen molar-refractivity contribution in [3.63, 3.8) is 0 Å². The van der Waals surface area contributed by atoms with Crippen LogP contribution in [0.1, 0.15) is 19.7 Å². The van der Waals surface area contributed by atoms with Gasteiger partial charge in [-0.1, -0.05) is 42.7 Å². The summed E-state index contributed by atoms with van der Waals surface area (Å²) in [4.78, 5) is 4.29. The first kappa shape index (κ1) is 12.1. The van der Waals surface area contributed by atoms with E-state index in [1.54, 1.807) is 0 Å². The Bertz CT molecular complexity index is 496. The average molecular weight is 252 g/mol. The third kappa shape index (κ3) is 3.28. The first-order valence-corrected chi connectivity index (χ1v) is 5.85. The summed E-state index contributed by atoms with van der Waals surface area (Å²) in [5, 5.41) is 7.80. The molecule has 4 nitrogen and oxygen atoms in total. The Hall–Kier alpha value is -1.39. The number of nitrogens with one attached hydrogen (secondary N) is 1. The molecule has 0 atom stereocenters. The van der Waals surface area contributed by atoms with Gasteiger partial charge in [-0.3, -0.25) is 0 Å². The summed E-state index contributed by atoms with van der Waals surface area (Å²) in [5.41, 5.74) is 0.858. The molecule has 0 aliphatic rings. The van der Waals surface area contributed by atoms with Crippen LogP contribution in [0.3, 0.4) is 0 Å². The van der Waals surface area contributed by atoms with Crippen molar-refractivity contribution >= 4 is 11.6 Å². The van der Waals surface area contributed by atoms with E-state index in [4.69, 9.17) is 16.1 Å². The van der Waals surface area contributed by atoms with Gasteiger partial charge >= 0.3 is 0 Å². The van der Waals surface area contributed by atoms with Crippen molar-refractivity contribution in [2.75, 3.05) is 0 Å². The maximum absolute atomic E-state index is 5.91. The van der Waals surface area contributed by atoms with Gasteiger partial charge in [-0.2, -0.15) is 4.98 Å². The number of aromatic nitrogens is 2. The van der Waals surface area contributed by atoms with E-state index >= 15 is 0 Å². The number of halogens is 1. The van der Waals surface area contributed by atoms with E-state index in [0.29, 0.717) is 29.3 Å². The van der Waals surface area contributed by atoms with Crippen molar-refractivity contribution in [2.24, 2.45) is 0 Å². The topological polar surface area (TPSA) is 51.0 Å². The summed E-state index contributed by atoms with van der Waals surface area (Å²) in [7, 11) is 0. The Morgan fingerprint density at radius 2 is 2.24 bits per heavy atom. The minimum Gasteiger partial charge on any atom is -0.338 e. The van der Waals surface area contributed by atoms with E-state index in [0.717, 1.165) is 5.56 Å². The Balaban J connectivity index is 2.12. The molecule has 5 heteroatoms. The van der Waals surface area contributed by atoms with Gasteiger partial charge in [0.15, 0.2) is 0 Å². The highest BCUT2D eigenvalue weighted by molar-refractivity contribution is 6.30. The Morgan fingerprint density at radius 3 is 2.94 bits per heavy atom. The molecule has 0 amide bonds. The monoisotopic (exact) mass is 251 g/mol. The molecule has 0 aliphatic carbocycles. The molecule has 0 fully saturated rings. The number of hydrogen-bond acceptors (Lipinski definition) is 4. The lowest BCUT2D eigenvalue weighted by atomic mass is 10.2. The van der Waals surface area contributed by atoms with Crippen LogP contribution in [0, 0.1) is 0 Å². The number of nitrogens with zero attached hydrogens (tertiary/aromatic N) is 2. The van der Waals surface area contributed by atoms with Crippen LogP contribution in [0.2, 0.25) is 5.02 Å². The molecule has 1 N–H and O–H groups in total. The van der Waals surface area contributed by atoms with E-state index in [1.807, 2.05) is 24.3 Å². The van der Waals surface area contributed by atoms with Gasteiger partial charge in [-0.15, -0.1) is 0 Å². The minimum atomic E-state index is 0.386. The van der Waals surface area contributed by atoms with Gasteiger partial charge in [-0.25, -0.2) is 0 Å². The Labute approximate surface area is 105 Å². The predicted octanol–water partition coefficient (Wildman–Crippen LogP) is 2.89. The predicted molar refractivity (Wildman–Crippen MR) is 66.7 cm³/mol. The molecule has 90 valence electrons. The molecule has 1 aromatic heterocycles.